The number of carbonyl (C=O) groups is 1. The Labute approximate surface area is 148 Å². The molecule has 23 heavy (non-hydrogen) atoms. The summed E-state index contributed by atoms with van der Waals surface area (Å²) in [6.07, 6.45) is 1.11. The third-order valence-corrected chi connectivity index (χ3v) is 5.19. The lowest BCUT2D eigenvalue weighted by Crippen LogP contribution is -2.27. The summed E-state index contributed by atoms with van der Waals surface area (Å²) in [5, 5.41) is 10.7. The van der Waals surface area contributed by atoms with Crippen LogP contribution in [-0.2, 0) is 17.6 Å². The van der Waals surface area contributed by atoms with Gasteiger partial charge >= 0.3 is 0 Å². The molecule has 0 saturated heterocycles. The first kappa shape index (κ1) is 16.2. The zero-order valence-electron chi connectivity index (χ0n) is 12.3. The maximum atomic E-state index is 12.0. The average Bonchev–Trinajstić information content (AvgIpc) is 3.20. The molecule has 0 bridgehead atoms. The van der Waals surface area contributed by atoms with E-state index in [1.807, 2.05) is 41.1 Å². The maximum Gasteiger partial charge on any atom is 0.226 e. The van der Waals surface area contributed by atoms with E-state index < -0.39 is 0 Å². The van der Waals surface area contributed by atoms with E-state index in [4.69, 9.17) is 11.6 Å². The molecule has 0 atom stereocenters. The first-order chi connectivity index (χ1) is 11.2. The van der Waals surface area contributed by atoms with Gasteiger partial charge in [-0.3, -0.25) is 4.79 Å². The van der Waals surface area contributed by atoms with E-state index in [1.165, 1.54) is 0 Å². The van der Waals surface area contributed by atoms with Crippen LogP contribution in [0, 0.1) is 0 Å². The Bertz CT molecular complexity index is 766. The van der Waals surface area contributed by atoms with Gasteiger partial charge in [0.15, 0.2) is 0 Å². The Morgan fingerprint density at radius 1 is 1.17 bits per heavy atom. The summed E-state index contributed by atoms with van der Waals surface area (Å²) in [7, 11) is 0. The van der Waals surface area contributed by atoms with Crippen LogP contribution in [0.4, 0.5) is 0 Å². The standard InChI is InChI=1S/C17H15ClN2OS2/c18-14-3-1-12(2-4-14)5-7-19-16(21)9-15-11-23-17(20-15)13-6-8-22-10-13/h1-4,6,8,10-11H,5,7,9H2,(H,19,21). The van der Waals surface area contributed by atoms with Crippen molar-refractivity contribution in [3.05, 3.63) is 62.8 Å². The molecule has 0 aliphatic carbocycles. The number of hydrogen-bond acceptors (Lipinski definition) is 4. The Morgan fingerprint density at radius 3 is 2.74 bits per heavy atom. The van der Waals surface area contributed by atoms with Gasteiger partial charge in [-0.1, -0.05) is 23.7 Å². The molecular formula is C17H15ClN2OS2. The fraction of sp³-hybridized carbons (Fsp3) is 0.176. The van der Waals surface area contributed by atoms with Crippen LogP contribution in [0.5, 0.6) is 0 Å². The van der Waals surface area contributed by atoms with E-state index in [1.54, 1.807) is 22.7 Å². The number of thiazole rings is 1. The van der Waals surface area contributed by atoms with Crippen molar-refractivity contribution in [2.24, 2.45) is 0 Å². The second-order valence-corrected chi connectivity index (χ2v) is 7.13. The molecule has 0 unspecified atom stereocenters. The number of amides is 1. The average molecular weight is 363 g/mol. The predicted octanol–water partition coefficient (Wildman–Crippen LogP) is 4.43. The summed E-state index contributed by atoms with van der Waals surface area (Å²) in [4.78, 5) is 16.5. The number of hydrogen-bond donors (Lipinski definition) is 1. The number of rotatable bonds is 6. The quantitative estimate of drug-likeness (QED) is 0.705. The lowest BCUT2D eigenvalue weighted by molar-refractivity contribution is -0.120. The zero-order valence-corrected chi connectivity index (χ0v) is 14.7. The van der Waals surface area contributed by atoms with E-state index in [-0.39, 0.29) is 5.91 Å². The van der Waals surface area contributed by atoms with Crippen molar-refractivity contribution in [3.8, 4) is 10.6 Å². The summed E-state index contributed by atoms with van der Waals surface area (Å²) in [5.41, 5.74) is 3.10. The molecule has 6 heteroatoms. The number of nitrogens with zero attached hydrogens (tertiary/aromatic N) is 1. The van der Waals surface area contributed by atoms with Crippen LogP contribution in [-0.4, -0.2) is 17.4 Å². The number of benzene rings is 1. The van der Waals surface area contributed by atoms with Crippen LogP contribution in [0.1, 0.15) is 11.3 Å². The molecule has 3 rings (SSSR count). The molecule has 0 fully saturated rings. The van der Waals surface area contributed by atoms with Gasteiger partial charge < -0.3 is 5.32 Å². The fourth-order valence-electron chi connectivity index (χ4n) is 2.13. The van der Waals surface area contributed by atoms with Gasteiger partial charge in [-0.25, -0.2) is 4.98 Å². The maximum absolute atomic E-state index is 12.0. The van der Waals surface area contributed by atoms with Gasteiger partial charge in [0.1, 0.15) is 5.01 Å². The van der Waals surface area contributed by atoms with Crippen molar-refractivity contribution < 1.29 is 4.79 Å². The Morgan fingerprint density at radius 2 is 2.00 bits per heavy atom. The highest BCUT2D eigenvalue weighted by Crippen LogP contribution is 2.25. The molecule has 3 nitrogen and oxygen atoms in total. The highest BCUT2D eigenvalue weighted by Gasteiger charge is 2.09. The smallest absolute Gasteiger partial charge is 0.226 e. The lowest BCUT2D eigenvalue weighted by atomic mass is 10.1. The molecule has 2 heterocycles. The SMILES string of the molecule is O=C(Cc1csc(-c2ccsc2)n1)NCCc1ccc(Cl)cc1. The summed E-state index contributed by atoms with van der Waals surface area (Å²) in [5.74, 6) is 0.00105. The van der Waals surface area contributed by atoms with Gasteiger partial charge in [0, 0.05) is 27.9 Å². The zero-order chi connectivity index (χ0) is 16.1. The Balaban J connectivity index is 1.47. The monoisotopic (exact) mass is 362 g/mol. The minimum atomic E-state index is 0.00105. The van der Waals surface area contributed by atoms with Crippen LogP contribution < -0.4 is 5.32 Å². The number of nitrogens with one attached hydrogen (secondary N) is 1. The molecular weight excluding hydrogens is 348 g/mol. The second-order valence-electron chi connectivity index (χ2n) is 5.06. The van der Waals surface area contributed by atoms with Crippen molar-refractivity contribution in [2.45, 2.75) is 12.8 Å². The fourth-order valence-corrected chi connectivity index (χ4v) is 3.79. The van der Waals surface area contributed by atoms with E-state index in [2.05, 4.69) is 15.7 Å². The molecule has 3 aromatic rings. The summed E-state index contributed by atoms with van der Waals surface area (Å²) in [6, 6.07) is 9.71. The first-order valence-corrected chi connectivity index (χ1v) is 9.39. The molecule has 2 aromatic heterocycles. The molecule has 118 valence electrons. The van der Waals surface area contributed by atoms with Gasteiger partial charge in [0.25, 0.3) is 0 Å². The van der Waals surface area contributed by atoms with Gasteiger partial charge in [-0.2, -0.15) is 11.3 Å². The summed E-state index contributed by atoms with van der Waals surface area (Å²) >= 11 is 9.07. The Hall–Kier alpha value is -1.69. The molecule has 0 radical (unpaired) electrons. The molecule has 0 spiro atoms. The molecule has 0 aliphatic heterocycles. The van der Waals surface area contributed by atoms with Crippen molar-refractivity contribution >= 4 is 40.2 Å². The highest BCUT2D eigenvalue weighted by atomic mass is 35.5. The van der Waals surface area contributed by atoms with Gasteiger partial charge in [-0.05, 0) is 35.6 Å². The second kappa shape index (κ2) is 7.73. The summed E-state index contributed by atoms with van der Waals surface area (Å²) in [6.45, 7) is 0.613. The van der Waals surface area contributed by atoms with Crippen LogP contribution >= 0.6 is 34.3 Å². The molecule has 1 amide bonds. The van der Waals surface area contributed by atoms with Crippen molar-refractivity contribution in [2.75, 3.05) is 6.54 Å². The predicted molar refractivity (Wildman–Crippen MR) is 97.3 cm³/mol. The highest BCUT2D eigenvalue weighted by molar-refractivity contribution is 7.14. The van der Waals surface area contributed by atoms with Gasteiger partial charge in [0.05, 0.1) is 12.1 Å². The van der Waals surface area contributed by atoms with E-state index in [0.29, 0.717) is 13.0 Å². The minimum absolute atomic E-state index is 0.00105. The molecule has 0 aliphatic rings. The lowest BCUT2D eigenvalue weighted by Gasteiger charge is -2.04. The van der Waals surface area contributed by atoms with Crippen molar-refractivity contribution in [3.63, 3.8) is 0 Å². The molecule has 1 N–H and O–H groups in total. The van der Waals surface area contributed by atoms with Crippen LogP contribution in [0.3, 0.4) is 0 Å². The Kier molecular flexibility index (Phi) is 5.43. The van der Waals surface area contributed by atoms with E-state index in [0.717, 1.165) is 33.3 Å². The third kappa shape index (κ3) is 4.64. The van der Waals surface area contributed by atoms with Crippen LogP contribution in [0.2, 0.25) is 5.02 Å². The normalized spacial score (nSPS) is 10.7. The van der Waals surface area contributed by atoms with Crippen LogP contribution in [0.25, 0.3) is 10.6 Å². The van der Waals surface area contributed by atoms with E-state index in [9.17, 15) is 4.79 Å². The number of halogens is 1. The first-order valence-electron chi connectivity index (χ1n) is 7.19. The largest absolute Gasteiger partial charge is 0.355 e. The van der Waals surface area contributed by atoms with Crippen molar-refractivity contribution in [1.29, 1.82) is 0 Å². The summed E-state index contributed by atoms with van der Waals surface area (Å²) < 4.78 is 0. The third-order valence-electron chi connectivity index (χ3n) is 3.31. The van der Waals surface area contributed by atoms with Crippen molar-refractivity contribution in [1.82, 2.24) is 10.3 Å². The molecule has 1 aromatic carbocycles. The number of thiophene rings is 1. The number of carbonyl (C=O) groups excluding carboxylic acids is 1. The van der Waals surface area contributed by atoms with Crippen LogP contribution in [0.15, 0.2) is 46.5 Å². The number of aromatic nitrogens is 1. The topological polar surface area (TPSA) is 42.0 Å². The van der Waals surface area contributed by atoms with E-state index >= 15 is 0 Å². The van der Waals surface area contributed by atoms with Gasteiger partial charge in [0.2, 0.25) is 5.91 Å². The van der Waals surface area contributed by atoms with Gasteiger partial charge in [-0.15, -0.1) is 11.3 Å². The molecule has 0 saturated carbocycles. The minimum Gasteiger partial charge on any atom is -0.355 e.